The zero-order valence-corrected chi connectivity index (χ0v) is 11.3. The van der Waals surface area contributed by atoms with Crippen molar-refractivity contribution in [3.8, 4) is 0 Å². The lowest BCUT2D eigenvalue weighted by molar-refractivity contribution is -0.145. The van der Waals surface area contributed by atoms with E-state index in [1.807, 2.05) is 14.1 Å². The van der Waals surface area contributed by atoms with Crippen LogP contribution in [-0.2, 0) is 9.59 Å². The van der Waals surface area contributed by atoms with Crippen LogP contribution in [0.5, 0.6) is 0 Å². The summed E-state index contributed by atoms with van der Waals surface area (Å²) < 4.78 is 0. The van der Waals surface area contributed by atoms with E-state index in [0.717, 1.165) is 32.4 Å². The number of amides is 1. The fourth-order valence-electron chi connectivity index (χ4n) is 2.55. The van der Waals surface area contributed by atoms with E-state index in [0.29, 0.717) is 12.8 Å². The van der Waals surface area contributed by atoms with Crippen LogP contribution in [0.4, 0.5) is 0 Å². The highest BCUT2D eigenvalue weighted by Crippen LogP contribution is 2.30. The number of carboxylic acid groups (broad SMARTS) is 1. The zero-order valence-electron chi connectivity index (χ0n) is 11.3. The molecule has 0 heterocycles. The number of hydrogen-bond acceptors (Lipinski definition) is 3. The number of nitrogens with one attached hydrogen (secondary N) is 1. The Morgan fingerprint density at radius 3 is 2.61 bits per heavy atom. The van der Waals surface area contributed by atoms with Crippen molar-refractivity contribution in [2.24, 2.45) is 11.8 Å². The van der Waals surface area contributed by atoms with Gasteiger partial charge in [0.25, 0.3) is 0 Å². The molecule has 0 radical (unpaired) electrons. The van der Waals surface area contributed by atoms with Crippen molar-refractivity contribution < 1.29 is 14.7 Å². The fraction of sp³-hybridized carbons (Fsp3) is 0.846. The second-order valence-electron chi connectivity index (χ2n) is 5.12. The standard InChI is InChI=1S/C13H24N2O3/c1-14-7-4-8-15(2)12(16)10-5-3-6-11(9-10)13(17)18/h10-11,14H,3-9H2,1-2H3,(H,17,18). The molecule has 18 heavy (non-hydrogen) atoms. The molecule has 1 amide bonds. The summed E-state index contributed by atoms with van der Waals surface area (Å²) in [6, 6.07) is 0. The lowest BCUT2D eigenvalue weighted by atomic mass is 9.81. The molecule has 0 aliphatic heterocycles. The Bertz CT molecular complexity index is 294. The smallest absolute Gasteiger partial charge is 0.306 e. The lowest BCUT2D eigenvalue weighted by Crippen LogP contribution is -2.37. The summed E-state index contributed by atoms with van der Waals surface area (Å²) >= 11 is 0. The van der Waals surface area contributed by atoms with Gasteiger partial charge in [-0.15, -0.1) is 0 Å². The normalized spacial score (nSPS) is 23.7. The third kappa shape index (κ3) is 4.29. The molecule has 0 bridgehead atoms. The van der Waals surface area contributed by atoms with Gasteiger partial charge in [0.05, 0.1) is 5.92 Å². The van der Waals surface area contributed by atoms with Crippen molar-refractivity contribution in [2.45, 2.75) is 32.1 Å². The van der Waals surface area contributed by atoms with Crippen LogP contribution in [0, 0.1) is 11.8 Å². The number of carboxylic acids is 1. The largest absolute Gasteiger partial charge is 0.481 e. The number of carbonyl (C=O) groups is 2. The minimum Gasteiger partial charge on any atom is -0.481 e. The van der Waals surface area contributed by atoms with Crippen LogP contribution in [0.25, 0.3) is 0 Å². The summed E-state index contributed by atoms with van der Waals surface area (Å²) in [5.74, 6) is -1.08. The van der Waals surface area contributed by atoms with E-state index in [9.17, 15) is 9.59 Å². The van der Waals surface area contributed by atoms with Crippen LogP contribution >= 0.6 is 0 Å². The molecule has 0 aromatic rings. The number of hydrogen-bond donors (Lipinski definition) is 2. The maximum absolute atomic E-state index is 12.2. The van der Waals surface area contributed by atoms with Gasteiger partial charge < -0.3 is 15.3 Å². The van der Waals surface area contributed by atoms with Gasteiger partial charge in [0.15, 0.2) is 0 Å². The van der Waals surface area contributed by atoms with Crippen molar-refractivity contribution in [1.82, 2.24) is 10.2 Å². The fourth-order valence-corrected chi connectivity index (χ4v) is 2.55. The Labute approximate surface area is 109 Å². The molecule has 5 nitrogen and oxygen atoms in total. The first-order chi connectivity index (χ1) is 8.56. The molecular weight excluding hydrogens is 232 g/mol. The molecule has 104 valence electrons. The Morgan fingerprint density at radius 1 is 1.33 bits per heavy atom. The predicted molar refractivity (Wildman–Crippen MR) is 69.3 cm³/mol. The van der Waals surface area contributed by atoms with Crippen LogP contribution < -0.4 is 5.32 Å². The molecule has 0 saturated heterocycles. The van der Waals surface area contributed by atoms with Gasteiger partial charge in [-0.05, 0) is 39.3 Å². The van der Waals surface area contributed by atoms with Gasteiger partial charge >= 0.3 is 5.97 Å². The van der Waals surface area contributed by atoms with Crippen molar-refractivity contribution in [3.63, 3.8) is 0 Å². The van der Waals surface area contributed by atoms with Crippen molar-refractivity contribution in [1.29, 1.82) is 0 Å². The predicted octanol–water partition coefficient (Wildman–Crippen LogP) is 0.945. The third-order valence-electron chi connectivity index (χ3n) is 3.67. The topological polar surface area (TPSA) is 69.6 Å². The summed E-state index contributed by atoms with van der Waals surface area (Å²) in [7, 11) is 3.70. The first-order valence-corrected chi connectivity index (χ1v) is 6.68. The van der Waals surface area contributed by atoms with E-state index in [-0.39, 0.29) is 17.7 Å². The van der Waals surface area contributed by atoms with Gasteiger partial charge in [0, 0.05) is 19.5 Å². The monoisotopic (exact) mass is 256 g/mol. The van der Waals surface area contributed by atoms with Crippen LogP contribution in [-0.4, -0.2) is 49.1 Å². The van der Waals surface area contributed by atoms with E-state index in [4.69, 9.17) is 5.11 Å². The van der Waals surface area contributed by atoms with Crippen molar-refractivity contribution in [3.05, 3.63) is 0 Å². The Kier molecular flexibility index (Phi) is 6.12. The lowest BCUT2D eigenvalue weighted by Gasteiger charge is -2.29. The highest BCUT2D eigenvalue weighted by molar-refractivity contribution is 5.80. The molecule has 1 saturated carbocycles. The molecule has 0 aromatic heterocycles. The maximum Gasteiger partial charge on any atom is 0.306 e. The molecule has 1 rings (SSSR count). The maximum atomic E-state index is 12.2. The van der Waals surface area contributed by atoms with E-state index < -0.39 is 5.97 Å². The van der Waals surface area contributed by atoms with Gasteiger partial charge in [-0.2, -0.15) is 0 Å². The van der Waals surface area contributed by atoms with E-state index in [2.05, 4.69) is 5.32 Å². The molecule has 0 aromatic carbocycles. The minimum absolute atomic E-state index is 0.0977. The summed E-state index contributed by atoms with van der Waals surface area (Å²) in [6.45, 7) is 1.62. The number of rotatable bonds is 6. The highest BCUT2D eigenvalue weighted by atomic mass is 16.4. The molecular formula is C13H24N2O3. The van der Waals surface area contributed by atoms with E-state index in [1.54, 1.807) is 4.90 Å². The summed E-state index contributed by atoms with van der Waals surface area (Å²) in [5, 5.41) is 12.1. The van der Waals surface area contributed by atoms with Gasteiger partial charge in [-0.3, -0.25) is 9.59 Å². The Morgan fingerprint density at radius 2 is 2.00 bits per heavy atom. The van der Waals surface area contributed by atoms with Crippen molar-refractivity contribution >= 4 is 11.9 Å². The zero-order chi connectivity index (χ0) is 13.5. The van der Waals surface area contributed by atoms with Gasteiger partial charge in [-0.25, -0.2) is 0 Å². The minimum atomic E-state index is -0.759. The Hall–Kier alpha value is -1.10. The average molecular weight is 256 g/mol. The highest BCUT2D eigenvalue weighted by Gasteiger charge is 2.32. The van der Waals surface area contributed by atoms with E-state index >= 15 is 0 Å². The third-order valence-corrected chi connectivity index (χ3v) is 3.67. The summed E-state index contributed by atoms with van der Waals surface area (Å²) in [5.41, 5.74) is 0. The molecule has 2 unspecified atom stereocenters. The molecule has 5 heteroatoms. The van der Waals surface area contributed by atoms with Gasteiger partial charge in [0.1, 0.15) is 0 Å². The molecule has 1 aliphatic carbocycles. The molecule has 1 aliphatic rings. The number of carbonyl (C=O) groups excluding carboxylic acids is 1. The van der Waals surface area contributed by atoms with Gasteiger partial charge in [-0.1, -0.05) is 6.42 Å². The van der Waals surface area contributed by atoms with Crippen LogP contribution in [0.1, 0.15) is 32.1 Å². The first-order valence-electron chi connectivity index (χ1n) is 6.68. The molecule has 2 N–H and O–H groups in total. The SMILES string of the molecule is CNCCCN(C)C(=O)C1CCCC(C(=O)O)C1. The van der Waals surface area contributed by atoms with Crippen molar-refractivity contribution in [2.75, 3.05) is 27.2 Å². The summed E-state index contributed by atoms with van der Waals surface area (Å²) in [6.07, 6.45) is 3.82. The second kappa shape index (κ2) is 7.36. The van der Waals surface area contributed by atoms with E-state index in [1.165, 1.54) is 0 Å². The quantitative estimate of drug-likeness (QED) is 0.694. The average Bonchev–Trinajstić information content (AvgIpc) is 2.38. The number of aliphatic carboxylic acids is 1. The summed E-state index contributed by atoms with van der Waals surface area (Å²) in [4.78, 5) is 24.9. The molecule has 0 spiro atoms. The van der Waals surface area contributed by atoms with Crippen LogP contribution in [0.15, 0.2) is 0 Å². The number of nitrogens with zero attached hydrogens (tertiary/aromatic N) is 1. The van der Waals surface area contributed by atoms with Crippen LogP contribution in [0.3, 0.4) is 0 Å². The second-order valence-corrected chi connectivity index (χ2v) is 5.12. The van der Waals surface area contributed by atoms with Gasteiger partial charge in [0.2, 0.25) is 5.91 Å². The molecule has 1 fully saturated rings. The molecule has 2 atom stereocenters. The first kappa shape index (κ1) is 15.0. The Balaban J connectivity index is 2.42. The van der Waals surface area contributed by atoms with Crippen LogP contribution in [0.2, 0.25) is 0 Å².